The van der Waals surface area contributed by atoms with Crippen molar-refractivity contribution < 1.29 is 32.6 Å². The molecule has 0 radical (unpaired) electrons. The van der Waals surface area contributed by atoms with E-state index >= 15 is 0 Å². The first kappa shape index (κ1) is 24.1. The molecule has 0 aliphatic heterocycles. The van der Waals surface area contributed by atoms with Crippen molar-refractivity contribution >= 4 is 35.1 Å². The molecule has 0 heterocycles. The molecule has 1 unspecified atom stereocenters. The Morgan fingerprint density at radius 2 is 1.87 bits per heavy atom. The third kappa shape index (κ3) is 7.21. The van der Waals surface area contributed by atoms with Gasteiger partial charge in [-0.15, -0.1) is 0 Å². The molecule has 7 nitrogen and oxygen atoms in total. The Hall–Kier alpha value is -3.20. The number of amides is 2. The number of esters is 1. The lowest BCUT2D eigenvalue weighted by Crippen LogP contribution is -2.30. The highest BCUT2D eigenvalue weighted by Gasteiger charge is 2.19. The van der Waals surface area contributed by atoms with Crippen LogP contribution in [0.15, 0.2) is 36.4 Å². The Morgan fingerprint density at radius 1 is 1.13 bits per heavy atom. The Labute approximate surface area is 182 Å². The van der Waals surface area contributed by atoms with Crippen molar-refractivity contribution in [1.82, 2.24) is 5.32 Å². The van der Waals surface area contributed by atoms with Gasteiger partial charge in [-0.25, -0.2) is 8.78 Å². The van der Waals surface area contributed by atoms with E-state index in [9.17, 15) is 23.2 Å². The van der Waals surface area contributed by atoms with Gasteiger partial charge in [0, 0.05) is 24.1 Å². The SMILES string of the molecule is COc1ccc(Cl)cc1NC(=O)C(C)OC(=O)CCCNC(=O)c1ccc(F)cc1F. The van der Waals surface area contributed by atoms with Crippen LogP contribution in [0.5, 0.6) is 5.75 Å². The van der Waals surface area contributed by atoms with E-state index < -0.39 is 35.5 Å². The Kier molecular flexibility index (Phi) is 8.75. The summed E-state index contributed by atoms with van der Waals surface area (Å²) in [6, 6.07) is 7.30. The van der Waals surface area contributed by atoms with E-state index in [1.165, 1.54) is 20.1 Å². The lowest BCUT2D eigenvalue weighted by Gasteiger charge is -2.15. The van der Waals surface area contributed by atoms with Gasteiger partial charge in [0.15, 0.2) is 6.10 Å². The van der Waals surface area contributed by atoms with E-state index in [2.05, 4.69) is 10.6 Å². The fraction of sp³-hybridized carbons (Fsp3) is 0.286. The van der Waals surface area contributed by atoms with Gasteiger partial charge >= 0.3 is 5.97 Å². The third-order valence-corrected chi connectivity index (χ3v) is 4.35. The molecule has 10 heteroatoms. The maximum Gasteiger partial charge on any atom is 0.306 e. The summed E-state index contributed by atoms with van der Waals surface area (Å²) in [5.41, 5.74) is 0.0318. The molecular weight excluding hydrogens is 434 g/mol. The van der Waals surface area contributed by atoms with E-state index in [4.69, 9.17) is 21.1 Å². The maximum atomic E-state index is 13.6. The van der Waals surface area contributed by atoms with Crippen LogP contribution in [0.25, 0.3) is 0 Å². The van der Waals surface area contributed by atoms with E-state index in [-0.39, 0.29) is 24.9 Å². The minimum atomic E-state index is -1.08. The number of benzene rings is 2. The number of ether oxygens (including phenoxy) is 2. The summed E-state index contributed by atoms with van der Waals surface area (Å²) in [6.45, 7) is 1.47. The highest BCUT2D eigenvalue weighted by atomic mass is 35.5. The van der Waals surface area contributed by atoms with Gasteiger partial charge in [-0.3, -0.25) is 14.4 Å². The second-order valence-electron chi connectivity index (χ2n) is 6.45. The van der Waals surface area contributed by atoms with Crippen molar-refractivity contribution in [3.05, 3.63) is 58.6 Å². The van der Waals surface area contributed by atoms with Gasteiger partial charge in [-0.05, 0) is 43.7 Å². The molecule has 2 aromatic rings. The predicted molar refractivity (Wildman–Crippen MR) is 110 cm³/mol. The van der Waals surface area contributed by atoms with E-state index in [1.807, 2.05) is 0 Å². The normalized spacial score (nSPS) is 11.4. The van der Waals surface area contributed by atoms with Crippen molar-refractivity contribution in [1.29, 1.82) is 0 Å². The fourth-order valence-corrected chi connectivity index (χ4v) is 2.70. The van der Waals surface area contributed by atoms with Gasteiger partial charge in [-0.2, -0.15) is 0 Å². The zero-order chi connectivity index (χ0) is 23.0. The number of rotatable bonds is 9. The van der Waals surface area contributed by atoms with Gasteiger partial charge in [-0.1, -0.05) is 11.6 Å². The molecule has 0 saturated heterocycles. The molecule has 2 aromatic carbocycles. The second-order valence-corrected chi connectivity index (χ2v) is 6.89. The number of methoxy groups -OCH3 is 1. The number of hydrogen-bond donors (Lipinski definition) is 2. The van der Waals surface area contributed by atoms with E-state index in [0.717, 1.165) is 12.1 Å². The first-order valence-corrected chi connectivity index (χ1v) is 9.66. The van der Waals surface area contributed by atoms with E-state index in [0.29, 0.717) is 22.5 Å². The van der Waals surface area contributed by atoms with Crippen LogP contribution in [0.1, 0.15) is 30.1 Å². The Balaban J connectivity index is 1.76. The molecule has 0 saturated carbocycles. The number of halogens is 3. The van der Waals surface area contributed by atoms with Crippen LogP contribution in [-0.4, -0.2) is 37.5 Å². The second kappa shape index (κ2) is 11.3. The van der Waals surface area contributed by atoms with Crippen LogP contribution in [0.2, 0.25) is 5.02 Å². The van der Waals surface area contributed by atoms with Crippen LogP contribution < -0.4 is 15.4 Å². The molecule has 2 amide bonds. The fourth-order valence-electron chi connectivity index (χ4n) is 2.53. The van der Waals surface area contributed by atoms with Gasteiger partial charge in [0.1, 0.15) is 17.4 Å². The monoisotopic (exact) mass is 454 g/mol. The summed E-state index contributed by atoms with van der Waals surface area (Å²) in [5, 5.41) is 5.39. The number of carbonyl (C=O) groups is 3. The molecule has 0 aliphatic rings. The quantitative estimate of drug-likeness (QED) is 0.445. The smallest absolute Gasteiger partial charge is 0.306 e. The molecule has 2 rings (SSSR count). The topological polar surface area (TPSA) is 93.7 Å². The number of anilines is 1. The van der Waals surface area contributed by atoms with Gasteiger partial charge in [0.2, 0.25) is 0 Å². The number of hydrogen-bond acceptors (Lipinski definition) is 5. The molecule has 31 heavy (non-hydrogen) atoms. The van der Waals surface area contributed by atoms with E-state index in [1.54, 1.807) is 12.1 Å². The van der Waals surface area contributed by atoms with Crippen LogP contribution in [0.3, 0.4) is 0 Å². The maximum absolute atomic E-state index is 13.6. The summed E-state index contributed by atoms with van der Waals surface area (Å²) in [6.07, 6.45) is -0.965. The average Bonchev–Trinajstić information content (AvgIpc) is 2.71. The van der Waals surface area contributed by atoms with Crippen molar-refractivity contribution in [3.8, 4) is 5.75 Å². The van der Waals surface area contributed by atoms with Crippen molar-refractivity contribution in [2.45, 2.75) is 25.9 Å². The van der Waals surface area contributed by atoms with Crippen molar-refractivity contribution in [2.24, 2.45) is 0 Å². The molecule has 0 aliphatic carbocycles. The first-order valence-electron chi connectivity index (χ1n) is 9.28. The molecule has 166 valence electrons. The van der Waals surface area contributed by atoms with Gasteiger partial charge in [0.25, 0.3) is 11.8 Å². The lowest BCUT2D eigenvalue weighted by molar-refractivity contribution is -0.153. The summed E-state index contributed by atoms with van der Waals surface area (Å²) in [7, 11) is 1.44. The highest BCUT2D eigenvalue weighted by molar-refractivity contribution is 6.31. The minimum Gasteiger partial charge on any atom is -0.495 e. The average molecular weight is 455 g/mol. The summed E-state index contributed by atoms with van der Waals surface area (Å²) in [4.78, 5) is 36.1. The van der Waals surface area contributed by atoms with Crippen LogP contribution >= 0.6 is 11.6 Å². The lowest BCUT2D eigenvalue weighted by atomic mass is 10.2. The predicted octanol–water partition coefficient (Wildman–Crippen LogP) is 3.71. The largest absolute Gasteiger partial charge is 0.495 e. The molecule has 0 bridgehead atoms. The highest BCUT2D eigenvalue weighted by Crippen LogP contribution is 2.27. The Bertz CT molecular complexity index is 971. The molecular formula is C21H21ClF2N2O5. The van der Waals surface area contributed by atoms with Crippen molar-refractivity contribution in [3.63, 3.8) is 0 Å². The molecule has 0 aromatic heterocycles. The van der Waals surface area contributed by atoms with Crippen LogP contribution in [0, 0.1) is 11.6 Å². The van der Waals surface area contributed by atoms with Crippen LogP contribution in [0.4, 0.5) is 14.5 Å². The van der Waals surface area contributed by atoms with Crippen LogP contribution in [-0.2, 0) is 14.3 Å². The first-order chi connectivity index (χ1) is 14.7. The summed E-state index contributed by atoms with van der Waals surface area (Å²) in [5.74, 6) is -3.33. The zero-order valence-electron chi connectivity index (χ0n) is 16.8. The third-order valence-electron chi connectivity index (χ3n) is 4.12. The zero-order valence-corrected chi connectivity index (χ0v) is 17.6. The van der Waals surface area contributed by atoms with Gasteiger partial charge in [0.05, 0.1) is 18.4 Å². The van der Waals surface area contributed by atoms with Crippen molar-refractivity contribution in [2.75, 3.05) is 19.0 Å². The van der Waals surface area contributed by atoms with Gasteiger partial charge < -0.3 is 20.1 Å². The molecule has 0 spiro atoms. The number of carbonyl (C=O) groups excluding carboxylic acids is 3. The molecule has 2 N–H and O–H groups in total. The molecule has 0 fully saturated rings. The summed E-state index contributed by atoms with van der Waals surface area (Å²) < 4.78 is 36.6. The number of nitrogens with one attached hydrogen (secondary N) is 2. The Morgan fingerprint density at radius 3 is 2.55 bits per heavy atom. The molecule has 1 atom stereocenters. The summed E-state index contributed by atoms with van der Waals surface area (Å²) >= 11 is 5.91. The standard InChI is InChI=1S/C21H21ClF2N2O5/c1-12(20(28)26-17-10-13(22)5-8-18(17)30-2)31-19(27)4-3-9-25-21(29)15-7-6-14(23)11-16(15)24/h5-8,10-12H,3-4,9H2,1-2H3,(H,25,29)(H,26,28). The minimum absolute atomic E-state index is 0.0606.